The number of rotatable bonds is 4. The van der Waals surface area contributed by atoms with E-state index in [-0.39, 0.29) is 18.0 Å². The predicted molar refractivity (Wildman–Crippen MR) is 111 cm³/mol. The van der Waals surface area contributed by atoms with Gasteiger partial charge in [0.25, 0.3) is 5.91 Å². The van der Waals surface area contributed by atoms with Crippen LogP contribution in [0, 0.1) is 5.82 Å². The summed E-state index contributed by atoms with van der Waals surface area (Å²) < 4.78 is 60.5. The molecule has 1 aromatic heterocycles. The monoisotopic (exact) mass is 451 g/mol. The highest BCUT2D eigenvalue weighted by Crippen LogP contribution is 2.40. The molecular weight excluding hydrogens is 426 g/mol. The Morgan fingerprint density at radius 3 is 2.59 bits per heavy atom. The number of piperidine rings is 1. The van der Waals surface area contributed by atoms with Crippen LogP contribution >= 0.6 is 0 Å². The summed E-state index contributed by atoms with van der Waals surface area (Å²) in [6.07, 6.45) is -1.56. The molecule has 0 N–H and O–H groups in total. The number of hydrogen-bond acceptors (Lipinski definition) is 4. The van der Waals surface area contributed by atoms with Crippen LogP contribution in [0.3, 0.4) is 0 Å². The second-order valence-electron chi connectivity index (χ2n) is 8.44. The maximum Gasteiger partial charge on any atom is 0.418 e. The lowest BCUT2D eigenvalue weighted by atomic mass is 9.88. The third-order valence-corrected chi connectivity index (χ3v) is 6.31. The van der Waals surface area contributed by atoms with Crippen LogP contribution in [0.1, 0.15) is 30.9 Å². The minimum atomic E-state index is -4.59. The van der Waals surface area contributed by atoms with Gasteiger partial charge in [-0.25, -0.2) is 4.39 Å². The summed E-state index contributed by atoms with van der Waals surface area (Å²) in [7, 11) is 0. The number of carbonyl (C=O) groups excluding carboxylic acids is 1. The van der Waals surface area contributed by atoms with E-state index in [4.69, 9.17) is 4.74 Å². The summed E-state index contributed by atoms with van der Waals surface area (Å²) in [6, 6.07) is 7.56. The number of likely N-dealkylation sites (tertiary alicyclic amines) is 1. The number of benzene rings is 1. The van der Waals surface area contributed by atoms with E-state index in [1.807, 2.05) is 0 Å². The van der Waals surface area contributed by atoms with E-state index in [9.17, 15) is 22.4 Å². The van der Waals surface area contributed by atoms with Crippen LogP contribution in [0.5, 0.6) is 0 Å². The summed E-state index contributed by atoms with van der Waals surface area (Å²) >= 11 is 0. The van der Waals surface area contributed by atoms with Gasteiger partial charge in [0.2, 0.25) is 0 Å². The molecule has 32 heavy (non-hydrogen) atoms. The van der Waals surface area contributed by atoms with Crippen molar-refractivity contribution in [2.45, 2.75) is 44.1 Å². The highest BCUT2D eigenvalue weighted by molar-refractivity contribution is 5.97. The number of alkyl halides is 3. The van der Waals surface area contributed by atoms with Crippen molar-refractivity contribution >= 4 is 11.6 Å². The maximum absolute atomic E-state index is 13.9. The summed E-state index contributed by atoms with van der Waals surface area (Å²) in [4.78, 5) is 19.9. The van der Waals surface area contributed by atoms with Crippen LogP contribution in [0.25, 0.3) is 0 Å². The van der Waals surface area contributed by atoms with Crippen LogP contribution in [0.15, 0.2) is 42.7 Å². The van der Waals surface area contributed by atoms with Crippen molar-refractivity contribution in [3.63, 3.8) is 0 Å². The number of carbonyl (C=O) groups is 1. The highest BCUT2D eigenvalue weighted by atomic mass is 19.4. The van der Waals surface area contributed by atoms with E-state index >= 15 is 0 Å². The maximum atomic E-state index is 13.9. The third-order valence-electron chi connectivity index (χ3n) is 6.31. The molecule has 4 rings (SSSR count). The first-order valence-electron chi connectivity index (χ1n) is 10.6. The number of nitrogens with zero attached hydrogens (tertiary/aromatic N) is 3. The molecule has 1 unspecified atom stereocenters. The van der Waals surface area contributed by atoms with Gasteiger partial charge in [0.05, 0.1) is 29.6 Å². The molecule has 0 bridgehead atoms. The Bertz CT molecular complexity index is 974. The van der Waals surface area contributed by atoms with Gasteiger partial charge in [-0.05, 0) is 43.9 Å². The Morgan fingerprint density at radius 2 is 1.91 bits per heavy atom. The second-order valence-corrected chi connectivity index (χ2v) is 8.44. The molecule has 1 spiro atoms. The van der Waals surface area contributed by atoms with Gasteiger partial charge >= 0.3 is 6.18 Å². The lowest BCUT2D eigenvalue weighted by molar-refractivity contribution is -0.162. The molecule has 0 aliphatic carbocycles. The smallest absolute Gasteiger partial charge is 0.360 e. The molecule has 172 valence electrons. The van der Waals surface area contributed by atoms with Crippen molar-refractivity contribution in [1.29, 1.82) is 0 Å². The SMILES string of the molecule is CC1OC2(CCN(CCc3ccccc3F)CC2)CN(c2cnccc2C(F)(F)F)C1=O. The number of hydrogen-bond donors (Lipinski definition) is 0. The van der Waals surface area contributed by atoms with Gasteiger partial charge in [0, 0.05) is 25.8 Å². The number of anilines is 1. The first kappa shape index (κ1) is 22.7. The molecular formula is C23H25F4N3O2. The standard InChI is InChI=1S/C23H25F4N3O2/c1-16-21(31)30(20-14-28-10-6-18(20)23(25,26)27)15-22(32-16)8-12-29(13-9-22)11-7-17-4-2-3-5-19(17)24/h2-6,10,14,16H,7-9,11-13,15H2,1H3. The molecule has 0 saturated carbocycles. The molecule has 2 fully saturated rings. The Hall–Kier alpha value is -2.52. The quantitative estimate of drug-likeness (QED) is 0.658. The number of ether oxygens (including phenoxy) is 1. The number of aromatic nitrogens is 1. The second kappa shape index (κ2) is 8.78. The topological polar surface area (TPSA) is 45.7 Å². The van der Waals surface area contributed by atoms with Crippen molar-refractivity contribution in [3.05, 3.63) is 59.7 Å². The Morgan fingerprint density at radius 1 is 1.19 bits per heavy atom. The average molecular weight is 451 g/mol. The molecule has 3 heterocycles. The minimum absolute atomic E-state index is 0.0477. The third kappa shape index (κ3) is 4.63. The predicted octanol–water partition coefficient (Wildman–Crippen LogP) is 4.07. The lowest BCUT2D eigenvalue weighted by Gasteiger charge is -2.49. The number of halogens is 4. The van der Waals surface area contributed by atoms with Crippen molar-refractivity contribution in [1.82, 2.24) is 9.88 Å². The van der Waals surface area contributed by atoms with Gasteiger partial charge in [-0.1, -0.05) is 18.2 Å². The van der Waals surface area contributed by atoms with Gasteiger partial charge in [-0.15, -0.1) is 0 Å². The Kier molecular flexibility index (Phi) is 6.22. The molecule has 5 nitrogen and oxygen atoms in total. The fraction of sp³-hybridized carbons (Fsp3) is 0.478. The van der Waals surface area contributed by atoms with Crippen LogP contribution in [-0.2, 0) is 22.1 Å². The van der Waals surface area contributed by atoms with E-state index in [1.165, 1.54) is 11.0 Å². The molecule has 1 atom stereocenters. The lowest BCUT2D eigenvalue weighted by Crippen LogP contribution is -2.62. The summed E-state index contributed by atoms with van der Waals surface area (Å²) in [6.45, 7) is 3.61. The van der Waals surface area contributed by atoms with Gasteiger partial charge in [-0.2, -0.15) is 13.2 Å². The molecule has 9 heteroatoms. The van der Waals surface area contributed by atoms with E-state index in [0.29, 0.717) is 44.5 Å². The van der Waals surface area contributed by atoms with Crippen molar-refractivity contribution in [2.24, 2.45) is 0 Å². The normalized spacial score (nSPS) is 21.8. The van der Waals surface area contributed by atoms with Crippen LogP contribution in [0.2, 0.25) is 0 Å². The molecule has 0 radical (unpaired) electrons. The van der Waals surface area contributed by atoms with E-state index < -0.39 is 29.4 Å². The minimum Gasteiger partial charge on any atom is -0.360 e. The van der Waals surface area contributed by atoms with E-state index in [0.717, 1.165) is 18.5 Å². The molecule has 1 aromatic carbocycles. The number of morpholine rings is 1. The van der Waals surface area contributed by atoms with Crippen molar-refractivity contribution in [2.75, 3.05) is 31.1 Å². The number of pyridine rings is 1. The summed E-state index contributed by atoms with van der Waals surface area (Å²) in [5.74, 6) is -0.729. The zero-order chi connectivity index (χ0) is 22.9. The average Bonchev–Trinajstić information content (AvgIpc) is 2.76. The largest absolute Gasteiger partial charge is 0.418 e. The summed E-state index contributed by atoms with van der Waals surface area (Å²) in [5.41, 5.74) is -1.18. The fourth-order valence-electron chi connectivity index (χ4n) is 4.53. The van der Waals surface area contributed by atoms with E-state index in [2.05, 4.69) is 9.88 Å². The van der Waals surface area contributed by atoms with Gasteiger partial charge in [0.15, 0.2) is 0 Å². The first-order chi connectivity index (χ1) is 15.2. The van der Waals surface area contributed by atoms with Gasteiger partial charge in [-0.3, -0.25) is 9.78 Å². The fourth-order valence-corrected chi connectivity index (χ4v) is 4.53. The Labute approximate surface area is 184 Å². The van der Waals surface area contributed by atoms with Crippen LogP contribution < -0.4 is 4.90 Å². The van der Waals surface area contributed by atoms with E-state index in [1.54, 1.807) is 25.1 Å². The zero-order valence-corrected chi connectivity index (χ0v) is 17.7. The van der Waals surface area contributed by atoms with Crippen LogP contribution in [0.4, 0.5) is 23.2 Å². The van der Waals surface area contributed by atoms with Gasteiger partial charge < -0.3 is 14.5 Å². The zero-order valence-electron chi connectivity index (χ0n) is 17.7. The van der Waals surface area contributed by atoms with Crippen molar-refractivity contribution in [3.8, 4) is 0 Å². The Balaban J connectivity index is 1.46. The highest BCUT2D eigenvalue weighted by Gasteiger charge is 2.47. The molecule has 1 amide bonds. The first-order valence-corrected chi connectivity index (χ1v) is 10.6. The summed E-state index contributed by atoms with van der Waals surface area (Å²) in [5, 5.41) is 0. The number of amides is 1. The molecule has 2 aromatic rings. The molecule has 2 saturated heterocycles. The van der Waals surface area contributed by atoms with Crippen LogP contribution in [-0.4, -0.2) is 53.7 Å². The van der Waals surface area contributed by atoms with Crippen molar-refractivity contribution < 1.29 is 27.1 Å². The molecule has 2 aliphatic heterocycles. The molecule has 2 aliphatic rings. The van der Waals surface area contributed by atoms with Gasteiger partial charge in [0.1, 0.15) is 11.9 Å².